The van der Waals surface area contributed by atoms with Crippen LogP contribution in [0.2, 0.25) is 5.02 Å². The van der Waals surface area contributed by atoms with Crippen LogP contribution in [0.4, 0.5) is 0 Å². The Balaban J connectivity index is 2.56. The highest BCUT2D eigenvalue weighted by atomic mass is 35.5. The van der Waals surface area contributed by atoms with E-state index in [2.05, 4.69) is 0 Å². The molecule has 0 saturated heterocycles. The summed E-state index contributed by atoms with van der Waals surface area (Å²) in [5.74, 6) is 0. The van der Waals surface area contributed by atoms with Crippen LogP contribution in [0.15, 0.2) is 41.4 Å². The third kappa shape index (κ3) is 2.37. The first-order valence-corrected chi connectivity index (χ1v) is 7.30. The summed E-state index contributed by atoms with van der Waals surface area (Å²) in [6, 6.07) is 8.83. The lowest BCUT2D eigenvalue weighted by Crippen LogP contribution is -2.00. The van der Waals surface area contributed by atoms with Crippen molar-refractivity contribution in [3.05, 3.63) is 47.2 Å². The Kier molecular flexibility index (Phi) is 3.02. The Morgan fingerprint density at radius 2 is 1.94 bits per heavy atom. The minimum absolute atomic E-state index is 0.160. The SMILES string of the molecule is Cc1cccn1-c1ccc(S(C)(=O)=O)c(Cl)c1. The second-order valence-electron chi connectivity index (χ2n) is 3.91. The zero-order chi connectivity index (χ0) is 12.6. The van der Waals surface area contributed by atoms with Crippen LogP contribution in [0.1, 0.15) is 5.69 Å². The molecule has 0 bridgehead atoms. The van der Waals surface area contributed by atoms with Gasteiger partial charge in [0.2, 0.25) is 0 Å². The molecule has 1 heterocycles. The van der Waals surface area contributed by atoms with Crippen LogP contribution in [0, 0.1) is 6.92 Å². The number of aromatic nitrogens is 1. The number of nitrogens with zero attached hydrogens (tertiary/aromatic N) is 1. The summed E-state index contributed by atoms with van der Waals surface area (Å²) in [6.07, 6.45) is 3.05. The molecule has 0 amide bonds. The molecule has 0 radical (unpaired) electrons. The highest BCUT2D eigenvalue weighted by molar-refractivity contribution is 7.90. The number of sulfone groups is 1. The van der Waals surface area contributed by atoms with Crippen LogP contribution < -0.4 is 0 Å². The van der Waals surface area contributed by atoms with Gasteiger partial charge in [-0.2, -0.15) is 0 Å². The van der Waals surface area contributed by atoms with Gasteiger partial charge in [0.15, 0.2) is 9.84 Å². The first-order chi connectivity index (χ1) is 7.89. The summed E-state index contributed by atoms with van der Waals surface area (Å²) in [4.78, 5) is 0.160. The maximum atomic E-state index is 11.4. The average Bonchev–Trinajstić information content (AvgIpc) is 2.62. The van der Waals surface area contributed by atoms with Crippen molar-refractivity contribution in [2.24, 2.45) is 0 Å². The van der Waals surface area contributed by atoms with E-state index >= 15 is 0 Å². The number of hydrogen-bond acceptors (Lipinski definition) is 2. The maximum absolute atomic E-state index is 11.4. The number of benzene rings is 1. The van der Waals surface area contributed by atoms with Gasteiger partial charge in [0.1, 0.15) is 0 Å². The van der Waals surface area contributed by atoms with Crippen molar-refractivity contribution >= 4 is 21.4 Å². The average molecular weight is 270 g/mol. The summed E-state index contributed by atoms with van der Waals surface area (Å²) >= 11 is 5.99. The van der Waals surface area contributed by atoms with Crippen molar-refractivity contribution in [2.75, 3.05) is 6.26 Å². The van der Waals surface area contributed by atoms with Crippen molar-refractivity contribution in [1.82, 2.24) is 4.57 Å². The third-order valence-corrected chi connectivity index (χ3v) is 4.13. The van der Waals surface area contributed by atoms with Gasteiger partial charge >= 0.3 is 0 Å². The zero-order valence-corrected chi connectivity index (χ0v) is 11.1. The molecule has 0 aliphatic carbocycles. The molecule has 0 aliphatic rings. The van der Waals surface area contributed by atoms with Crippen LogP contribution in [-0.2, 0) is 9.84 Å². The van der Waals surface area contributed by atoms with E-state index in [1.54, 1.807) is 12.1 Å². The molecule has 2 aromatic rings. The molecule has 0 atom stereocenters. The fraction of sp³-hybridized carbons (Fsp3) is 0.167. The van der Waals surface area contributed by atoms with Gasteiger partial charge in [0, 0.05) is 23.8 Å². The lowest BCUT2D eigenvalue weighted by atomic mass is 10.3. The summed E-state index contributed by atoms with van der Waals surface area (Å²) < 4.78 is 24.8. The van der Waals surface area contributed by atoms with E-state index in [0.29, 0.717) is 0 Å². The molecule has 1 aromatic carbocycles. The quantitative estimate of drug-likeness (QED) is 0.841. The zero-order valence-electron chi connectivity index (χ0n) is 9.51. The fourth-order valence-electron chi connectivity index (χ4n) is 1.70. The molecule has 5 heteroatoms. The Morgan fingerprint density at radius 3 is 2.41 bits per heavy atom. The molecule has 17 heavy (non-hydrogen) atoms. The van der Waals surface area contributed by atoms with Crippen LogP contribution >= 0.6 is 11.6 Å². The van der Waals surface area contributed by atoms with Crippen molar-refractivity contribution in [3.8, 4) is 5.69 Å². The Hall–Kier alpha value is -1.26. The smallest absolute Gasteiger partial charge is 0.176 e. The predicted octanol–water partition coefficient (Wildman–Crippen LogP) is 2.84. The van der Waals surface area contributed by atoms with E-state index in [9.17, 15) is 8.42 Å². The van der Waals surface area contributed by atoms with E-state index in [4.69, 9.17) is 11.6 Å². The van der Waals surface area contributed by atoms with Gasteiger partial charge in [-0.1, -0.05) is 11.6 Å². The van der Waals surface area contributed by atoms with Gasteiger partial charge in [-0.15, -0.1) is 0 Å². The third-order valence-electron chi connectivity index (χ3n) is 2.55. The van der Waals surface area contributed by atoms with Crippen LogP contribution in [0.3, 0.4) is 0 Å². The molecule has 0 spiro atoms. The van der Waals surface area contributed by atoms with E-state index in [1.165, 1.54) is 6.07 Å². The van der Waals surface area contributed by atoms with Gasteiger partial charge in [0.25, 0.3) is 0 Å². The molecular weight excluding hydrogens is 258 g/mol. The molecule has 90 valence electrons. The monoisotopic (exact) mass is 269 g/mol. The number of aryl methyl sites for hydroxylation is 1. The summed E-state index contributed by atoms with van der Waals surface area (Å²) in [5, 5.41) is 0.248. The van der Waals surface area contributed by atoms with E-state index in [-0.39, 0.29) is 9.92 Å². The highest BCUT2D eigenvalue weighted by Crippen LogP contribution is 2.25. The van der Waals surface area contributed by atoms with E-state index in [1.807, 2.05) is 29.8 Å². The van der Waals surface area contributed by atoms with Gasteiger partial charge in [0.05, 0.1) is 9.92 Å². The predicted molar refractivity (Wildman–Crippen MR) is 68.6 cm³/mol. The first-order valence-electron chi connectivity index (χ1n) is 5.03. The van der Waals surface area contributed by atoms with E-state index < -0.39 is 9.84 Å². The van der Waals surface area contributed by atoms with Crippen LogP contribution in [-0.4, -0.2) is 19.2 Å². The molecule has 1 aromatic heterocycles. The molecule has 2 rings (SSSR count). The summed E-state index contributed by atoms with van der Waals surface area (Å²) in [7, 11) is -3.27. The molecule has 0 unspecified atom stereocenters. The number of rotatable bonds is 2. The molecule has 0 N–H and O–H groups in total. The summed E-state index contributed by atoms with van der Waals surface area (Å²) in [5.41, 5.74) is 1.91. The van der Waals surface area contributed by atoms with Gasteiger partial charge in [-0.3, -0.25) is 0 Å². The van der Waals surface area contributed by atoms with Crippen LogP contribution in [0.5, 0.6) is 0 Å². The van der Waals surface area contributed by atoms with Crippen molar-refractivity contribution < 1.29 is 8.42 Å². The Labute approximate surface area is 106 Å². The number of halogens is 1. The van der Waals surface area contributed by atoms with Crippen molar-refractivity contribution in [3.63, 3.8) is 0 Å². The standard InChI is InChI=1S/C12H12ClNO2S/c1-9-4-3-7-14(9)10-5-6-12(11(13)8-10)17(2,15)16/h3-8H,1-2H3. The minimum atomic E-state index is -3.27. The van der Waals surface area contributed by atoms with Crippen LogP contribution in [0.25, 0.3) is 5.69 Å². The first kappa shape index (κ1) is 12.2. The topological polar surface area (TPSA) is 39.1 Å². The fourth-order valence-corrected chi connectivity index (χ4v) is 3.02. The maximum Gasteiger partial charge on any atom is 0.176 e. The largest absolute Gasteiger partial charge is 0.321 e. The number of hydrogen-bond donors (Lipinski definition) is 0. The normalized spacial score (nSPS) is 11.7. The lowest BCUT2D eigenvalue weighted by molar-refractivity contribution is 0.602. The van der Waals surface area contributed by atoms with Crippen molar-refractivity contribution in [2.45, 2.75) is 11.8 Å². The molecule has 0 saturated carbocycles. The Bertz CT molecular complexity index is 659. The second kappa shape index (κ2) is 4.20. The molecule has 0 aliphatic heterocycles. The molecule has 3 nitrogen and oxygen atoms in total. The molecular formula is C12H12ClNO2S. The second-order valence-corrected chi connectivity index (χ2v) is 6.30. The lowest BCUT2D eigenvalue weighted by Gasteiger charge is -2.08. The van der Waals surface area contributed by atoms with E-state index in [0.717, 1.165) is 17.6 Å². The van der Waals surface area contributed by atoms with Gasteiger partial charge in [-0.05, 0) is 37.3 Å². The molecule has 0 fully saturated rings. The highest BCUT2D eigenvalue weighted by Gasteiger charge is 2.13. The minimum Gasteiger partial charge on any atom is -0.321 e. The van der Waals surface area contributed by atoms with Gasteiger partial charge in [-0.25, -0.2) is 8.42 Å². The van der Waals surface area contributed by atoms with Crippen molar-refractivity contribution in [1.29, 1.82) is 0 Å². The summed E-state index contributed by atoms with van der Waals surface area (Å²) in [6.45, 7) is 1.97. The Morgan fingerprint density at radius 1 is 1.24 bits per heavy atom. The van der Waals surface area contributed by atoms with Gasteiger partial charge < -0.3 is 4.57 Å².